The smallest absolute Gasteiger partial charge is 0.245 e. The van der Waals surface area contributed by atoms with Crippen LogP contribution in [0.1, 0.15) is 18.4 Å². The molecular formula is C21H20ClN3O3S. The number of nitrogens with one attached hydrogen (secondary N) is 1. The second-order valence-corrected chi connectivity index (χ2v) is 9.32. The first-order chi connectivity index (χ1) is 13.9. The zero-order chi connectivity index (χ0) is 20.6. The van der Waals surface area contributed by atoms with Gasteiger partial charge in [0.25, 0.3) is 0 Å². The van der Waals surface area contributed by atoms with Crippen LogP contribution in [0.2, 0.25) is 5.02 Å². The molecule has 6 nitrogen and oxygen atoms in total. The number of rotatable bonds is 4. The molecule has 1 saturated heterocycles. The highest BCUT2D eigenvalue weighted by atomic mass is 35.5. The van der Waals surface area contributed by atoms with Gasteiger partial charge >= 0.3 is 0 Å². The van der Waals surface area contributed by atoms with Crippen LogP contribution in [0.3, 0.4) is 0 Å². The van der Waals surface area contributed by atoms with Crippen molar-refractivity contribution in [1.82, 2.24) is 9.29 Å². The molecule has 0 radical (unpaired) electrons. The fraction of sp³-hybridized carbons (Fsp3) is 0.238. The number of fused-ring (bicyclic) bond motifs is 1. The summed E-state index contributed by atoms with van der Waals surface area (Å²) in [7, 11) is -3.88. The molecule has 2 aromatic carbocycles. The van der Waals surface area contributed by atoms with Crippen LogP contribution in [0.25, 0.3) is 10.9 Å². The number of sulfonamides is 1. The molecule has 29 heavy (non-hydrogen) atoms. The minimum atomic E-state index is -3.88. The lowest BCUT2D eigenvalue weighted by Gasteiger charge is -2.24. The van der Waals surface area contributed by atoms with Gasteiger partial charge in [-0.05, 0) is 49.6 Å². The predicted octanol–water partition coefficient (Wildman–Crippen LogP) is 3.99. The molecule has 3 aromatic rings. The minimum absolute atomic E-state index is 0.119. The van der Waals surface area contributed by atoms with Crippen LogP contribution >= 0.6 is 11.6 Å². The summed E-state index contributed by atoms with van der Waals surface area (Å²) in [6.07, 6.45) is 2.64. The van der Waals surface area contributed by atoms with E-state index in [-0.39, 0.29) is 17.3 Å². The number of hydrogen-bond donors (Lipinski definition) is 1. The van der Waals surface area contributed by atoms with Gasteiger partial charge in [-0.25, -0.2) is 8.42 Å². The van der Waals surface area contributed by atoms with E-state index in [2.05, 4.69) is 10.3 Å². The van der Waals surface area contributed by atoms with Crippen molar-refractivity contribution in [3.8, 4) is 0 Å². The van der Waals surface area contributed by atoms with Crippen LogP contribution in [0.15, 0.2) is 59.6 Å². The molecule has 4 rings (SSSR count). The highest BCUT2D eigenvalue weighted by molar-refractivity contribution is 7.89. The number of carbonyl (C=O) groups is 1. The maximum Gasteiger partial charge on any atom is 0.245 e. The topological polar surface area (TPSA) is 79.4 Å². The van der Waals surface area contributed by atoms with Gasteiger partial charge in [0.05, 0.1) is 5.52 Å². The zero-order valence-corrected chi connectivity index (χ0v) is 17.4. The number of anilines is 1. The Morgan fingerprint density at radius 1 is 1.21 bits per heavy atom. The number of aryl methyl sites for hydroxylation is 1. The van der Waals surface area contributed by atoms with Crippen molar-refractivity contribution in [1.29, 1.82) is 0 Å². The van der Waals surface area contributed by atoms with E-state index in [0.29, 0.717) is 29.1 Å². The first kappa shape index (κ1) is 19.8. The lowest BCUT2D eigenvalue weighted by Crippen LogP contribution is -2.43. The fourth-order valence-corrected chi connectivity index (χ4v) is 5.60. The number of para-hydroxylation sites is 1. The highest BCUT2D eigenvalue weighted by Crippen LogP contribution is 2.30. The Bertz CT molecular complexity index is 1190. The van der Waals surface area contributed by atoms with E-state index in [9.17, 15) is 13.2 Å². The quantitative estimate of drug-likeness (QED) is 0.680. The molecule has 1 aliphatic rings. The first-order valence-corrected chi connectivity index (χ1v) is 11.1. The van der Waals surface area contributed by atoms with Crippen LogP contribution in [0.4, 0.5) is 5.69 Å². The first-order valence-electron chi connectivity index (χ1n) is 9.30. The monoisotopic (exact) mass is 429 g/mol. The zero-order valence-electron chi connectivity index (χ0n) is 15.8. The standard InChI is InChI=1S/C21H20ClN3O3S/c1-14-9-10-16(13-17(14)22)24-21(26)18-7-4-12-25(18)29(27,28)19-8-2-5-15-6-3-11-23-20(15)19/h2-3,5-6,8-11,13,18H,4,7,12H2,1H3,(H,24,26)/t18-/m0/s1. The van der Waals surface area contributed by atoms with Crippen molar-refractivity contribution >= 4 is 44.1 Å². The normalized spacial score (nSPS) is 17.5. The summed E-state index contributed by atoms with van der Waals surface area (Å²) in [6.45, 7) is 2.16. The van der Waals surface area contributed by atoms with Crippen LogP contribution in [0, 0.1) is 6.92 Å². The van der Waals surface area contributed by atoms with Crippen LogP contribution in [-0.2, 0) is 14.8 Å². The number of benzene rings is 2. The van der Waals surface area contributed by atoms with Gasteiger partial charge in [-0.15, -0.1) is 0 Å². The summed E-state index contributed by atoms with van der Waals surface area (Å²) in [6, 6.07) is 13.1. The van der Waals surface area contributed by atoms with Gasteiger partial charge in [0.1, 0.15) is 10.9 Å². The molecule has 0 aliphatic carbocycles. The summed E-state index contributed by atoms with van der Waals surface area (Å²) in [5.74, 6) is -0.362. The second-order valence-electron chi connectivity index (χ2n) is 7.06. The molecule has 0 saturated carbocycles. The van der Waals surface area contributed by atoms with Crippen LogP contribution < -0.4 is 5.32 Å². The van der Waals surface area contributed by atoms with Gasteiger partial charge in [-0.1, -0.05) is 35.9 Å². The van der Waals surface area contributed by atoms with Gasteiger partial charge in [0, 0.05) is 28.8 Å². The number of carbonyl (C=O) groups excluding carboxylic acids is 1. The highest BCUT2D eigenvalue weighted by Gasteiger charge is 2.40. The van der Waals surface area contributed by atoms with Gasteiger partial charge in [0.2, 0.25) is 15.9 Å². The number of aromatic nitrogens is 1. The van der Waals surface area contributed by atoms with Crippen LogP contribution in [0.5, 0.6) is 0 Å². The molecule has 1 fully saturated rings. The van der Waals surface area contributed by atoms with Gasteiger partial charge in [-0.3, -0.25) is 9.78 Å². The molecular weight excluding hydrogens is 410 g/mol. The molecule has 1 aromatic heterocycles. The summed E-state index contributed by atoms with van der Waals surface area (Å²) >= 11 is 6.13. The molecule has 1 N–H and O–H groups in total. The van der Waals surface area contributed by atoms with Crippen molar-refractivity contribution in [3.63, 3.8) is 0 Å². The maximum absolute atomic E-state index is 13.4. The third-order valence-corrected chi connectivity index (χ3v) is 7.48. The summed E-state index contributed by atoms with van der Waals surface area (Å²) in [4.78, 5) is 17.3. The molecule has 1 atom stereocenters. The largest absolute Gasteiger partial charge is 0.325 e. The van der Waals surface area contributed by atoms with Crippen molar-refractivity contribution in [2.45, 2.75) is 30.7 Å². The third-order valence-electron chi connectivity index (χ3n) is 5.13. The lowest BCUT2D eigenvalue weighted by molar-refractivity contribution is -0.119. The van der Waals surface area contributed by atoms with Gasteiger partial charge in [-0.2, -0.15) is 4.31 Å². The molecule has 0 bridgehead atoms. The van der Waals surface area contributed by atoms with E-state index < -0.39 is 16.1 Å². The maximum atomic E-state index is 13.4. The van der Waals surface area contributed by atoms with E-state index >= 15 is 0 Å². The van der Waals surface area contributed by atoms with Crippen molar-refractivity contribution < 1.29 is 13.2 Å². The Balaban J connectivity index is 1.64. The minimum Gasteiger partial charge on any atom is -0.325 e. The van der Waals surface area contributed by atoms with Crippen molar-refractivity contribution in [2.24, 2.45) is 0 Å². The Morgan fingerprint density at radius 3 is 2.79 bits per heavy atom. The molecule has 8 heteroatoms. The Kier molecular flexibility index (Phi) is 5.29. The number of pyridine rings is 1. The van der Waals surface area contributed by atoms with E-state index in [1.807, 2.05) is 25.1 Å². The average Bonchev–Trinajstić information content (AvgIpc) is 3.21. The van der Waals surface area contributed by atoms with Crippen molar-refractivity contribution in [3.05, 3.63) is 65.3 Å². The Labute approximate surface area is 174 Å². The second kappa shape index (κ2) is 7.74. The predicted molar refractivity (Wildman–Crippen MR) is 113 cm³/mol. The Hall–Kier alpha value is -2.48. The van der Waals surface area contributed by atoms with Crippen molar-refractivity contribution in [2.75, 3.05) is 11.9 Å². The molecule has 0 unspecified atom stereocenters. The third kappa shape index (κ3) is 3.73. The SMILES string of the molecule is Cc1ccc(NC(=O)[C@@H]2CCCN2S(=O)(=O)c2cccc3cccnc23)cc1Cl. The van der Waals surface area contributed by atoms with E-state index in [0.717, 1.165) is 10.9 Å². The molecule has 1 aliphatic heterocycles. The van der Waals surface area contributed by atoms with E-state index in [4.69, 9.17) is 11.6 Å². The van der Waals surface area contributed by atoms with Gasteiger partial charge in [0.15, 0.2) is 0 Å². The molecule has 2 heterocycles. The Morgan fingerprint density at radius 2 is 2.00 bits per heavy atom. The average molecular weight is 430 g/mol. The number of amides is 1. The van der Waals surface area contributed by atoms with E-state index in [1.165, 1.54) is 10.4 Å². The number of hydrogen-bond acceptors (Lipinski definition) is 4. The lowest BCUT2D eigenvalue weighted by atomic mass is 10.2. The number of nitrogens with zero attached hydrogens (tertiary/aromatic N) is 2. The fourth-order valence-electron chi connectivity index (χ4n) is 3.60. The summed E-state index contributed by atoms with van der Waals surface area (Å²) in [5.41, 5.74) is 1.85. The van der Waals surface area contributed by atoms with Gasteiger partial charge < -0.3 is 5.32 Å². The van der Waals surface area contributed by atoms with E-state index in [1.54, 1.807) is 30.5 Å². The summed E-state index contributed by atoms with van der Waals surface area (Å²) < 4.78 is 28.1. The molecule has 1 amide bonds. The molecule has 150 valence electrons. The van der Waals surface area contributed by atoms with Crippen LogP contribution in [-0.4, -0.2) is 36.2 Å². The summed E-state index contributed by atoms with van der Waals surface area (Å²) in [5, 5.41) is 4.08. The number of halogens is 1. The molecule has 0 spiro atoms.